The maximum Gasteiger partial charge on any atom is 0.238 e. The molecule has 1 aromatic carbocycles. The number of aromatic nitrogens is 1. The Bertz CT molecular complexity index is 736. The molecule has 2 heterocycles. The number of nitrogens with one attached hydrogen (secondary N) is 2. The molecule has 0 bridgehead atoms. The first kappa shape index (κ1) is 15.8. The zero-order chi connectivity index (χ0) is 16.2. The van der Waals surface area contributed by atoms with E-state index in [9.17, 15) is 9.59 Å². The number of carbonyl (C=O) groups is 2. The quantitative estimate of drug-likeness (QED) is 0.892. The molecule has 7 heteroatoms. The molecular weight excluding hydrogens is 334 g/mol. The van der Waals surface area contributed by atoms with E-state index in [2.05, 4.69) is 15.6 Å². The van der Waals surface area contributed by atoms with E-state index in [1.54, 1.807) is 30.5 Å². The summed E-state index contributed by atoms with van der Waals surface area (Å²) < 4.78 is 0. The van der Waals surface area contributed by atoms with Crippen molar-refractivity contribution in [3.05, 3.63) is 53.2 Å². The molecule has 0 saturated carbocycles. The zero-order valence-corrected chi connectivity index (χ0v) is 13.7. The largest absolute Gasteiger partial charge is 0.352 e. The molecule has 23 heavy (non-hydrogen) atoms. The van der Waals surface area contributed by atoms with E-state index in [4.69, 9.17) is 11.6 Å². The number of hydrogen-bond donors (Lipinski definition) is 2. The summed E-state index contributed by atoms with van der Waals surface area (Å²) in [6, 6.07) is 10.8. The molecule has 0 aliphatic carbocycles. The molecule has 0 fully saturated rings. The Morgan fingerprint density at radius 3 is 2.87 bits per heavy atom. The first-order valence-corrected chi connectivity index (χ1v) is 8.31. The third-order valence-electron chi connectivity index (χ3n) is 3.35. The fourth-order valence-electron chi connectivity index (χ4n) is 2.16. The standard InChI is InChI=1S/C16H14ClN3O2S/c17-11-5-3-10(4-6-11)9-19-14(21)8-13-15(22)20-12-2-1-7-18-16(12)23-13/h1-7,13H,8-9H2,(H,19,21)(H,20,22). The van der Waals surface area contributed by atoms with Gasteiger partial charge < -0.3 is 10.6 Å². The highest BCUT2D eigenvalue weighted by atomic mass is 35.5. The molecule has 5 nitrogen and oxygen atoms in total. The predicted octanol–water partition coefficient (Wildman–Crippen LogP) is 2.85. The molecule has 118 valence electrons. The van der Waals surface area contributed by atoms with Crippen molar-refractivity contribution in [2.24, 2.45) is 0 Å². The highest BCUT2D eigenvalue weighted by Gasteiger charge is 2.29. The molecule has 2 amide bonds. The monoisotopic (exact) mass is 347 g/mol. The molecular formula is C16H14ClN3O2S. The fourth-order valence-corrected chi connectivity index (χ4v) is 3.32. The molecule has 0 saturated heterocycles. The molecule has 1 unspecified atom stereocenters. The Hall–Kier alpha value is -2.05. The van der Waals surface area contributed by atoms with E-state index in [1.165, 1.54) is 11.8 Å². The summed E-state index contributed by atoms with van der Waals surface area (Å²) in [7, 11) is 0. The first-order chi connectivity index (χ1) is 11.1. The van der Waals surface area contributed by atoms with Crippen LogP contribution in [0.4, 0.5) is 5.69 Å². The van der Waals surface area contributed by atoms with Crippen molar-refractivity contribution >= 4 is 40.9 Å². The van der Waals surface area contributed by atoms with E-state index in [0.717, 1.165) is 10.6 Å². The van der Waals surface area contributed by atoms with Gasteiger partial charge in [0.25, 0.3) is 0 Å². The molecule has 2 aromatic rings. The van der Waals surface area contributed by atoms with Crippen LogP contribution in [0, 0.1) is 0 Å². The van der Waals surface area contributed by atoms with E-state index in [0.29, 0.717) is 17.3 Å². The fraction of sp³-hybridized carbons (Fsp3) is 0.188. The number of halogens is 1. The van der Waals surface area contributed by atoms with Crippen LogP contribution < -0.4 is 10.6 Å². The van der Waals surface area contributed by atoms with Crippen LogP contribution in [0.2, 0.25) is 5.02 Å². The molecule has 0 radical (unpaired) electrons. The normalized spacial score (nSPS) is 16.4. The van der Waals surface area contributed by atoms with E-state index in [-0.39, 0.29) is 18.2 Å². The van der Waals surface area contributed by atoms with Crippen LogP contribution >= 0.6 is 23.4 Å². The summed E-state index contributed by atoms with van der Waals surface area (Å²) >= 11 is 7.14. The Kier molecular flexibility index (Phi) is 4.83. The molecule has 2 N–H and O–H groups in total. The number of benzene rings is 1. The number of anilines is 1. The van der Waals surface area contributed by atoms with Gasteiger partial charge in [-0.2, -0.15) is 0 Å². The van der Waals surface area contributed by atoms with Crippen molar-refractivity contribution in [1.82, 2.24) is 10.3 Å². The number of hydrogen-bond acceptors (Lipinski definition) is 4. The van der Waals surface area contributed by atoms with Gasteiger partial charge in [0, 0.05) is 24.2 Å². The SMILES string of the molecule is O=C(CC1Sc2ncccc2NC1=O)NCc1ccc(Cl)cc1. The Morgan fingerprint density at radius 2 is 2.09 bits per heavy atom. The average Bonchev–Trinajstić information content (AvgIpc) is 2.55. The summed E-state index contributed by atoms with van der Waals surface area (Å²) in [5.74, 6) is -0.343. The second-order valence-electron chi connectivity index (χ2n) is 5.06. The van der Waals surface area contributed by atoms with Gasteiger partial charge in [0.15, 0.2) is 0 Å². The highest BCUT2D eigenvalue weighted by Crippen LogP contribution is 2.34. The van der Waals surface area contributed by atoms with Crippen LogP contribution in [0.3, 0.4) is 0 Å². The van der Waals surface area contributed by atoms with Gasteiger partial charge in [0.05, 0.1) is 10.9 Å². The number of amides is 2. The third-order valence-corrected chi connectivity index (χ3v) is 4.81. The lowest BCUT2D eigenvalue weighted by Gasteiger charge is -2.22. The van der Waals surface area contributed by atoms with Gasteiger partial charge in [0.1, 0.15) is 5.03 Å². The number of rotatable bonds is 4. The lowest BCUT2D eigenvalue weighted by Crippen LogP contribution is -2.34. The van der Waals surface area contributed by atoms with Crippen molar-refractivity contribution in [1.29, 1.82) is 0 Å². The van der Waals surface area contributed by atoms with Gasteiger partial charge in [0.2, 0.25) is 11.8 Å². The summed E-state index contributed by atoms with van der Waals surface area (Å²) in [6.45, 7) is 0.407. The number of nitrogens with zero attached hydrogens (tertiary/aromatic N) is 1. The second kappa shape index (κ2) is 7.02. The van der Waals surface area contributed by atoms with Crippen LogP contribution in [0.5, 0.6) is 0 Å². The number of thioether (sulfide) groups is 1. The van der Waals surface area contributed by atoms with E-state index < -0.39 is 5.25 Å². The third kappa shape index (κ3) is 4.03. The highest BCUT2D eigenvalue weighted by molar-refractivity contribution is 8.00. The van der Waals surface area contributed by atoms with Gasteiger partial charge in [-0.15, -0.1) is 0 Å². The van der Waals surface area contributed by atoms with Gasteiger partial charge >= 0.3 is 0 Å². The smallest absolute Gasteiger partial charge is 0.238 e. The number of pyridine rings is 1. The number of fused-ring (bicyclic) bond motifs is 1. The molecule has 0 spiro atoms. The topological polar surface area (TPSA) is 71.1 Å². The lowest BCUT2D eigenvalue weighted by molar-refractivity contribution is -0.124. The molecule has 1 aliphatic heterocycles. The lowest BCUT2D eigenvalue weighted by atomic mass is 10.2. The predicted molar refractivity (Wildman–Crippen MR) is 90.4 cm³/mol. The van der Waals surface area contributed by atoms with Crippen molar-refractivity contribution in [2.75, 3.05) is 5.32 Å². The van der Waals surface area contributed by atoms with Crippen molar-refractivity contribution in [3.63, 3.8) is 0 Å². The minimum absolute atomic E-state index is 0.111. The maximum atomic E-state index is 12.1. The van der Waals surface area contributed by atoms with Gasteiger partial charge in [-0.05, 0) is 29.8 Å². The van der Waals surface area contributed by atoms with E-state index >= 15 is 0 Å². The molecule has 1 atom stereocenters. The van der Waals surface area contributed by atoms with Crippen LogP contribution in [0.15, 0.2) is 47.6 Å². The van der Waals surface area contributed by atoms with Gasteiger partial charge in [-0.25, -0.2) is 4.98 Å². The van der Waals surface area contributed by atoms with Crippen molar-refractivity contribution in [2.45, 2.75) is 23.2 Å². The Labute approximate surface area is 142 Å². The maximum absolute atomic E-state index is 12.1. The number of carbonyl (C=O) groups excluding carboxylic acids is 2. The minimum atomic E-state index is -0.470. The molecule has 1 aromatic heterocycles. The summed E-state index contributed by atoms with van der Waals surface area (Å²) in [5, 5.41) is 6.52. The summed E-state index contributed by atoms with van der Waals surface area (Å²) in [6.07, 6.45) is 1.78. The minimum Gasteiger partial charge on any atom is -0.352 e. The van der Waals surface area contributed by atoms with Crippen LogP contribution in [-0.4, -0.2) is 22.0 Å². The van der Waals surface area contributed by atoms with Crippen LogP contribution in [0.1, 0.15) is 12.0 Å². The van der Waals surface area contributed by atoms with Crippen LogP contribution in [0.25, 0.3) is 0 Å². The zero-order valence-electron chi connectivity index (χ0n) is 12.1. The summed E-state index contributed by atoms with van der Waals surface area (Å²) in [5.41, 5.74) is 1.65. The van der Waals surface area contributed by atoms with E-state index in [1.807, 2.05) is 12.1 Å². The molecule has 3 rings (SSSR count). The van der Waals surface area contributed by atoms with Gasteiger partial charge in [-0.3, -0.25) is 9.59 Å². The Balaban J connectivity index is 1.56. The average molecular weight is 348 g/mol. The first-order valence-electron chi connectivity index (χ1n) is 7.05. The Morgan fingerprint density at radius 1 is 1.30 bits per heavy atom. The van der Waals surface area contributed by atoms with Crippen molar-refractivity contribution < 1.29 is 9.59 Å². The second-order valence-corrected chi connectivity index (χ2v) is 6.69. The van der Waals surface area contributed by atoms with Crippen molar-refractivity contribution in [3.8, 4) is 0 Å². The molecule has 1 aliphatic rings. The van der Waals surface area contributed by atoms with Gasteiger partial charge in [-0.1, -0.05) is 35.5 Å². The summed E-state index contributed by atoms with van der Waals surface area (Å²) in [4.78, 5) is 28.3. The van der Waals surface area contributed by atoms with Crippen LogP contribution in [-0.2, 0) is 16.1 Å².